The van der Waals surface area contributed by atoms with E-state index in [2.05, 4.69) is 10.1 Å². The van der Waals surface area contributed by atoms with Crippen LogP contribution in [0.5, 0.6) is 5.75 Å². The Balaban J connectivity index is 2.25. The Bertz CT molecular complexity index is 655. The number of ether oxygens (including phenoxy) is 1. The highest BCUT2D eigenvalue weighted by Crippen LogP contribution is 2.24. The number of halogens is 1. The van der Waals surface area contributed by atoms with Crippen LogP contribution in [0.3, 0.4) is 0 Å². The summed E-state index contributed by atoms with van der Waals surface area (Å²) in [5.41, 5.74) is 1.61. The SMILES string of the molecule is CCc1nn(CC)c(COc2cnccc2C(=O)O)c1Cl. The molecule has 0 aliphatic carbocycles. The van der Waals surface area contributed by atoms with Gasteiger partial charge in [0.25, 0.3) is 0 Å². The average Bonchev–Trinajstić information content (AvgIpc) is 2.80. The number of carboxylic acid groups (broad SMARTS) is 1. The van der Waals surface area contributed by atoms with Crippen molar-refractivity contribution in [1.29, 1.82) is 0 Å². The van der Waals surface area contributed by atoms with Gasteiger partial charge in [0.2, 0.25) is 0 Å². The van der Waals surface area contributed by atoms with Gasteiger partial charge in [0, 0.05) is 12.7 Å². The van der Waals surface area contributed by atoms with Crippen molar-refractivity contribution in [2.24, 2.45) is 0 Å². The molecular formula is C14H16ClN3O3. The smallest absolute Gasteiger partial charge is 0.339 e. The van der Waals surface area contributed by atoms with Crippen molar-refractivity contribution < 1.29 is 14.6 Å². The summed E-state index contributed by atoms with van der Waals surface area (Å²) in [4.78, 5) is 15.0. The van der Waals surface area contributed by atoms with E-state index in [9.17, 15) is 4.79 Å². The Labute approximate surface area is 127 Å². The van der Waals surface area contributed by atoms with E-state index in [-0.39, 0.29) is 17.9 Å². The van der Waals surface area contributed by atoms with Crippen LogP contribution in [0.25, 0.3) is 0 Å². The molecule has 0 aromatic carbocycles. The summed E-state index contributed by atoms with van der Waals surface area (Å²) < 4.78 is 7.34. The highest BCUT2D eigenvalue weighted by molar-refractivity contribution is 6.31. The first-order chi connectivity index (χ1) is 10.1. The Kier molecular flexibility index (Phi) is 4.80. The zero-order valence-electron chi connectivity index (χ0n) is 11.8. The maximum absolute atomic E-state index is 11.1. The summed E-state index contributed by atoms with van der Waals surface area (Å²) in [6.45, 7) is 4.74. The third-order valence-corrected chi connectivity index (χ3v) is 3.51. The minimum absolute atomic E-state index is 0.0689. The van der Waals surface area contributed by atoms with E-state index in [1.165, 1.54) is 18.5 Å². The molecule has 2 aromatic heterocycles. The number of carbonyl (C=O) groups is 1. The maximum atomic E-state index is 11.1. The number of aryl methyl sites for hydroxylation is 2. The van der Waals surface area contributed by atoms with Crippen molar-refractivity contribution in [3.63, 3.8) is 0 Å². The lowest BCUT2D eigenvalue weighted by Gasteiger charge is -2.10. The van der Waals surface area contributed by atoms with Crippen LogP contribution in [0.1, 0.15) is 35.6 Å². The molecule has 21 heavy (non-hydrogen) atoms. The minimum atomic E-state index is -1.06. The molecule has 0 fully saturated rings. The fourth-order valence-corrected chi connectivity index (χ4v) is 2.30. The van der Waals surface area contributed by atoms with Crippen molar-refractivity contribution in [3.8, 4) is 5.75 Å². The molecule has 2 rings (SSSR count). The van der Waals surface area contributed by atoms with Crippen molar-refractivity contribution in [2.75, 3.05) is 0 Å². The average molecular weight is 310 g/mol. The van der Waals surface area contributed by atoms with Gasteiger partial charge in [0.1, 0.15) is 12.2 Å². The number of hydrogen-bond donors (Lipinski definition) is 1. The van der Waals surface area contributed by atoms with Crippen LogP contribution in [0.2, 0.25) is 5.02 Å². The Morgan fingerprint density at radius 2 is 2.24 bits per heavy atom. The van der Waals surface area contributed by atoms with E-state index in [1.807, 2.05) is 13.8 Å². The highest BCUT2D eigenvalue weighted by Gasteiger charge is 2.17. The molecule has 2 heterocycles. The van der Waals surface area contributed by atoms with Gasteiger partial charge in [-0.2, -0.15) is 5.10 Å². The monoisotopic (exact) mass is 309 g/mol. The zero-order valence-corrected chi connectivity index (χ0v) is 12.6. The van der Waals surface area contributed by atoms with Gasteiger partial charge in [-0.05, 0) is 19.4 Å². The molecular weight excluding hydrogens is 294 g/mol. The number of pyridine rings is 1. The zero-order chi connectivity index (χ0) is 15.4. The molecule has 0 aliphatic rings. The first-order valence-electron chi connectivity index (χ1n) is 6.62. The largest absolute Gasteiger partial charge is 0.485 e. The predicted molar refractivity (Wildman–Crippen MR) is 77.8 cm³/mol. The van der Waals surface area contributed by atoms with Crippen LogP contribution in [-0.2, 0) is 19.6 Å². The summed E-state index contributed by atoms with van der Waals surface area (Å²) in [6.07, 6.45) is 3.52. The van der Waals surface area contributed by atoms with Crippen LogP contribution in [0, 0.1) is 0 Å². The lowest BCUT2D eigenvalue weighted by atomic mass is 10.2. The number of aromatic nitrogens is 3. The fourth-order valence-electron chi connectivity index (χ4n) is 1.97. The molecule has 112 valence electrons. The first-order valence-corrected chi connectivity index (χ1v) is 7.00. The lowest BCUT2D eigenvalue weighted by Crippen LogP contribution is -2.09. The molecule has 0 atom stereocenters. The Morgan fingerprint density at radius 3 is 2.86 bits per heavy atom. The first kappa shape index (κ1) is 15.3. The van der Waals surface area contributed by atoms with Crippen LogP contribution < -0.4 is 4.74 Å². The van der Waals surface area contributed by atoms with Crippen LogP contribution in [0.15, 0.2) is 18.5 Å². The van der Waals surface area contributed by atoms with E-state index < -0.39 is 5.97 Å². The van der Waals surface area contributed by atoms with Crippen molar-refractivity contribution in [1.82, 2.24) is 14.8 Å². The summed E-state index contributed by atoms with van der Waals surface area (Å²) in [5, 5.41) is 14.1. The van der Waals surface area contributed by atoms with Crippen LogP contribution >= 0.6 is 11.6 Å². The number of carboxylic acids is 1. The van der Waals surface area contributed by atoms with Gasteiger partial charge < -0.3 is 9.84 Å². The summed E-state index contributed by atoms with van der Waals surface area (Å²) >= 11 is 6.28. The Morgan fingerprint density at radius 1 is 1.48 bits per heavy atom. The van der Waals surface area contributed by atoms with Gasteiger partial charge in [0.05, 0.1) is 22.6 Å². The number of nitrogens with zero attached hydrogens (tertiary/aromatic N) is 3. The standard InChI is InChI=1S/C14H16ClN3O3/c1-3-10-13(15)11(18(4-2)17-10)8-21-12-7-16-6-5-9(12)14(19)20/h5-7H,3-4,8H2,1-2H3,(H,19,20). The quantitative estimate of drug-likeness (QED) is 0.887. The van der Waals surface area contributed by atoms with E-state index >= 15 is 0 Å². The fraction of sp³-hybridized carbons (Fsp3) is 0.357. The molecule has 6 nitrogen and oxygen atoms in total. The van der Waals surface area contributed by atoms with Crippen LogP contribution in [0.4, 0.5) is 0 Å². The van der Waals surface area contributed by atoms with Gasteiger partial charge in [-0.1, -0.05) is 18.5 Å². The molecule has 2 aromatic rings. The molecule has 0 radical (unpaired) electrons. The second-order valence-corrected chi connectivity index (χ2v) is 4.72. The highest BCUT2D eigenvalue weighted by atomic mass is 35.5. The number of hydrogen-bond acceptors (Lipinski definition) is 4. The van der Waals surface area contributed by atoms with E-state index in [0.29, 0.717) is 11.6 Å². The molecule has 0 spiro atoms. The molecule has 0 aliphatic heterocycles. The lowest BCUT2D eigenvalue weighted by molar-refractivity contribution is 0.0691. The van der Waals surface area contributed by atoms with Crippen LogP contribution in [-0.4, -0.2) is 25.8 Å². The second-order valence-electron chi connectivity index (χ2n) is 4.34. The normalized spacial score (nSPS) is 10.6. The van der Waals surface area contributed by atoms with Gasteiger partial charge >= 0.3 is 5.97 Å². The van der Waals surface area contributed by atoms with Crippen molar-refractivity contribution in [3.05, 3.63) is 40.4 Å². The predicted octanol–water partition coefficient (Wildman–Crippen LogP) is 2.79. The van der Waals surface area contributed by atoms with Gasteiger partial charge in [-0.15, -0.1) is 0 Å². The van der Waals surface area contributed by atoms with Gasteiger partial charge in [0.15, 0.2) is 5.75 Å². The Hall–Kier alpha value is -2.08. The third-order valence-electron chi connectivity index (χ3n) is 3.07. The van der Waals surface area contributed by atoms with E-state index in [1.54, 1.807) is 4.68 Å². The molecule has 0 saturated heterocycles. The minimum Gasteiger partial charge on any atom is -0.485 e. The van der Waals surface area contributed by atoms with Crippen molar-refractivity contribution >= 4 is 17.6 Å². The van der Waals surface area contributed by atoms with Gasteiger partial charge in [-0.3, -0.25) is 9.67 Å². The molecule has 0 saturated carbocycles. The number of aromatic carboxylic acids is 1. The summed E-state index contributed by atoms with van der Waals surface area (Å²) in [7, 11) is 0. The molecule has 7 heteroatoms. The number of rotatable bonds is 6. The molecule has 0 unspecified atom stereocenters. The molecule has 1 N–H and O–H groups in total. The van der Waals surface area contributed by atoms with E-state index in [0.717, 1.165) is 17.8 Å². The summed E-state index contributed by atoms with van der Waals surface area (Å²) in [6, 6.07) is 1.40. The third kappa shape index (κ3) is 3.16. The van der Waals surface area contributed by atoms with Gasteiger partial charge in [-0.25, -0.2) is 4.79 Å². The van der Waals surface area contributed by atoms with E-state index in [4.69, 9.17) is 21.4 Å². The second kappa shape index (κ2) is 6.58. The topological polar surface area (TPSA) is 77.2 Å². The maximum Gasteiger partial charge on any atom is 0.339 e. The summed E-state index contributed by atoms with van der Waals surface area (Å²) in [5.74, 6) is -0.847. The molecule has 0 amide bonds. The van der Waals surface area contributed by atoms with Crippen molar-refractivity contribution in [2.45, 2.75) is 33.4 Å². The molecule has 0 bridgehead atoms.